The summed E-state index contributed by atoms with van der Waals surface area (Å²) < 4.78 is 4.95. The van der Waals surface area contributed by atoms with Gasteiger partial charge in [-0.1, -0.05) is 12.5 Å². The van der Waals surface area contributed by atoms with Gasteiger partial charge in [0, 0.05) is 0 Å². The summed E-state index contributed by atoms with van der Waals surface area (Å²) in [7, 11) is 0. The highest BCUT2D eigenvalue weighted by molar-refractivity contribution is 6.14. The van der Waals surface area contributed by atoms with Gasteiger partial charge < -0.3 is 4.74 Å². The number of ether oxygens (including phenoxy) is 1. The van der Waals surface area contributed by atoms with Gasteiger partial charge in [0.15, 0.2) is 5.78 Å². The monoisotopic (exact) mass is 210 g/mol. The van der Waals surface area contributed by atoms with Gasteiger partial charge >= 0.3 is 5.97 Å². The average Bonchev–Trinajstić information content (AvgIpc) is 2.39. The first-order valence-corrected chi connectivity index (χ1v) is 5.38. The van der Waals surface area contributed by atoms with Crippen LogP contribution in [0.1, 0.15) is 40.5 Å². The van der Waals surface area contributed by atoms with Crippen LogP contribution in [-0.4, -0.2) is 18.4 Å². The number of carbonyl (C=O) groups is 2. The molecule has 15 heavy (non-hydrogen) atoms. The van der Waals surface area contributed by atoms with E-state index in [-0.39, 0.29) is 5.78 Å². The fourth-order valence-electron chi connectivity index (χ4n) is 2.16. The fourth-order valence-corrected chi connectivity index (χ4v) is 2.16. The van der Waals surface area contributed by atoms with Gasteiger partial charge in [-0.15, -0.1) is 0 Å². The van der Waals surface area contributed by atoms with E-state index in [1.807, 2.05) is 13.8 Å². The first kappa shape index (κ1) is 12.0. The smallest absolute Gasteiger partial charge is 0.320 e. The number of ketones is 1. The van der Waals surface area contributed by atoms with Crippen molar-refractivity contribution in [2.75, 3.05) is 6.61 Å². The number of carbonyl (C=O) groups excluding carboxylic acids is 2. The van der Waals surface area contributed by atoms with Crippen molar-refractivity contribution >= 4 is 11.8 Å². The topological polar surface area (TPSA) is 43.4 Å². The summed E-state index contributed by atoms with van der Waals surface area (Å²) in [6, 6.07) is 0. The summed E-state index contributed by atoms with van der Waals surface area (Å²) in [4.78, 5) is 23.7. The average molecular weight is 210 g/mol. The second kappa shape index (κ2) is 4.17. The highest BCUT2D eigenvalue weighted by atomic mass is 16.5. The molecule has 0 aromatic rings. The van der Waals surface area contributed by atoms with E-state index >= 15 is 0 Å². The Morgan fingerprint density at radius 3 is 2.47 bits per heavy atom. The highest BCUT2D eigenvalue weighted by Crippen LogP contribution is 2.40. The van der Waals surface area contributed by atoms with Crippen molar-refractivity contribution in [2.45, 2.75) is 40.5 Å². The number of hydrogen-bond acceptors (Lipinski definition) is 3. The zero-order valence-electron chi connectivity index (χ0n) is 9.85. The predicted octanol–water partition coefficient (Wildman–Crippen LogP) is 2.26. The van der Waals surface area contributed by atoms with E-state index in [1.54, 1.807) is 13.8 Å². The molecule has 0 aliphatic heterocycles. The van der Waals surface area contributed by atoms with Crippen molar-refractivity contribution in [1.29, 1.82) is 0 Å². The van der Waals surface area contributed by atoms with Gasteiger partial charge in [-0.25, -0.2) is 0 Å². The molecule has 1 atom stereocenters. The first-order chi connectivity index (χ1) is 6.97. The largest absolute Gasteiger partial charge is 0.465 e. The maximum absolute atomic E-state index is 12.0. The Morgan fingerprint density at radius 2 is 2.07 bits per heavy atom. The molecule has 0 amide bonds. The van der Waals surface area contributed by atoms with Crippen LogP contribution in [-0.2, 0) is 14.3 Å². The van der Waals surface area contributed by atoms with Crippen molar-refractivity contribution in [1.82, 2.24) is 0 Å². The van der Waals surface area contributed by atoms with Gasteiger partial charge in [-0.3, -0.25) is 9.59 Å². The Balaban J connectivity index is 2.94. The van der Waals surface area contributed by atoms with Gasteiger partial charge in [0.1, 0.15) is 5.41 Å². The molecule has 0 heterocycles. The maximum atomic E-state index is 12.0. The zero-order chi connectivity index (χ0) is 11.6. The molecule has 1 aliphatic carbocycles. The van der Waals surface area contributed by atoms with Gasteiger partial charge in [0.05, 0.1) is 6.61 Å². The van der Waals surface area contributed by atoms with Gasteiger partial charge in [0.2, 0.25) is 0 Å². The molecule has 0 fully saturated rings. The van der Waals surface area contributed by atoms with Crippen LogP contribution in [0.15, 0.2) is 11.1 Å². The van der Waals surface area contributed by atoms with Crippen molar-refractivity contribution in [3.05, 3.63) is 11.1 Å². The van der Waals surface area contributed by atoms with Crippen molar-refractivity contribution in [3.8, 4) is 0 Å². The summed E-state index contributed by atoms with van der Waals surface area (Å²) >= 11 is 0. The minimum Gasteiger partial charge on any atom is -0.465 e. The Kier molecular flexibility index (Phi) is 3.32. The molecule has 3 heteroatoms. The van der Waals surface area contributed by atoms with Crippen LogP contribution in [0.25, 0.3) is 0 Å². The molecule has 3 nitrogen and oxygen atoms in total. The van der Waals surface area contributed by atoms with Crippen LogP contribution >= 0.6 is 0 Å². The number of hydrogen-bond donors (Lipinski definition) is 0. The lowest BCUT2D eigenvalue weighted by molar-refractivity contribution is -0.157. The quantitative estimate of drug-likeness (QED) is 0.530. The Labute approximate surface area is 90.5 Å². The number of allylic oxidation sites excluding steroid dienone is 2. The summed E-state index contributed by atoms with van der Waals surface area (Å²) in [5, 5.41) is 0. The highest BCUT2D eigenvalue weighted by Gasteiger charge is 2.48. The summed E-state index contributed by atoms with van der Waals surface area (Å²) in [6.07, 6.45) is 1.20. The van der Waals surface area contributed by atoms with E-state index in [2.05, 4.69) is 0 Å². The van der Waals surface area contributed by atoms with Crippen LogP contribution in [0.3, 0.4) is 0 Å². The lowest BCUT2D eigenvalue weighted by atomic mass is 9.85. The lowest BCUT2D eigenvalue weighted by Crippen LogP contribution is -2.35. The van der Waals surface area contributed by atoms with E-state index in [0.717, 1.165) is 11.1 Å². The van der Waals surface area contributed by atoms with Crippen LogP contribution in [0.5, 0.6) is 0 Å². The standard InChI is InChI=1S/C12H18O3/c1-5-9-8(3)7-12(4,10(9)13)11(14)15-6-2/h5-7H2,1-4H3. The van der Waals surface area contributed by atoms with Gasteiger partial charge in [0.25, 0.3) is 0 Å². The lowest BCUT2D eigenvalue weighted by Gasteiger charge is -2.20. The Hall–Kier alpha value is -1.12. The third kappa shape index (κ3) is 1.83. The van der Waals surface area contributed by atoms with E-state index in [9.17, 15) is 9.59 Å². The molecule has 0 saturated carbocycles. The Bertz CT molecular complexity index is 328. The fraction of sp³-hybridized carbons (Fsp3) is 0.667. The molecular weight excluding hydrogens is 192 g/mol. The van der Waals surface area contributed by atoms with E-state index < -0.39 is 11.4 Å². The van der Waals surface area contributed by atoms with Gasteiger partial charge in [-0.05, 0) is 39.2 Å². The van der Waals surface area contributed by atoms with Crippen molar-refractivity contribution in [3.63, 3.8) is 0 Å². The maximum Gasteiger partial charge on any atom is 0.320 e. The predicted molar refractivity (Wildman–Crippen MR) is 57.4 cm³/mol. The minimum atomic E-state index is -0.967. The van der Waals surface area contributed by atoms with Crippen LogP contribution in [0.4, 0.5) is 0 Å². The molecule has 0 aromatic heterocycles. The summed E-state index contributed by atoms with van der Waals surface area (Å²) in [6.45, 7) is 7.61. The molecule has 1 unspecified atom stereocenters. The molecule has 84 valence electrons. The minimum absolute atomic E-state index is 0.0547. The molecule has 1 rings (SSSR count). The molecule has 1 aliphatic rings. The van der Waals surface area contributed by atoms with E-state index in [4.69, 9.17) is 4.74 Å². The normalized spacial score (nSPS) is 26.0. The molecule has 0 bridgehead atoms. The number of esters is 1. The van der Waals surface area contributed by atoms with E-state index in [1.165, 1.54) is 0 Å². The molecule has 0 N–H and O–H groups in total. The van der Waals surface area contributed by atoms with Crippen LogP contribution in [0.2, 0.25) is 0 Å². The molecule has 0 spiro atoms. The molecule has 0 saturated heterocycles. The third-order valence-corrected chi connectivity index (χ3v) is 2.99. The van der Waals surface area contributed by atoms with Crippen LogP contribution in [0, 0.1) is 5.41 Å². The van der Waals surface area contributed by atoms with Gasteiger partial charge in [-0.2, -0.15) is 0 Å². The van der Waals surface area contributed by atoms with Crippen molar-refractivity contribution < 1.29 is 14.3 Å². The number of Topliss-reactive ketones (excluding diaryl/α,β-unsaturated/α-hetero) is 1. The third-order valence-electron chi connectivity index (χ3n) is 2.99. The van der Waals surface area contributed by atoms with Crippen molar-refractivity contribution in [2.24, 2.45) is 5.41 Å². The summed E-state index contributed by atoms with van der Waals surface area (Å²) in [5.41, 5.74) is 0.856. The molecule has 0 radical (unpaired) electrons. The second-order valence-corrected chi connectivity index (χ2v) is 4.17. The van der Waals surface area contributed by atoms with E-state index in [0.29, 0.717) is 19.4 Å². The van der Waals surface area contributed by atoms with Crippen LogP contribution < -0.4 is 0 Å². The zero-order valence-corrected chi connectivity index (χ0v) is 9.85. The summed E-state index contributed by atoms with van der Waals surface area (Å²) in [5.74, 6) is -0.446. The molecule has 0 aromatic carbocycles. The second-order valence-electron chi connectivity index (χ2n) is 4.17. The first-order valence-electron chi connectivity index (χ1n) is 5.38. The SMILES string of the molecule is CCOC(=O)C1(C)CC(C)=C(CC)C1=O. The Morgan fingerprint density at radius 1 is 1.47 bits per heavy atom. The number of rotatable bonds is 3. The molecular formula is C12H18O3.